The number of ether oxygens (including phenoxy) is 2. The first-order valence-corrected chi connectivity index (χ1v) is 10.8. The number of amides is 2. The third-order valence-corrected chi connectivity index (χ3v) is 6.09. The molecule has 2 saturated heterocycles. The lowest BCUT2D eigenvalue weighted by Crippen LogP contribution is -2.41. The second kappa shape index (κ2) is 8.76. The highest BCUT2D eigenvalue weighted by molar-refractivity contribution is 5.95. The maximum Gasteiger partial charge on any atom is 0.257 e. The van der Waals surface area contributed by atoms with Gasteiger partial charge in [-0.1, -0.05) is 12.1 Å². The number of benzene rings is 1. The molecule has 2 aromatic heterocycles. The summed E-state index contributed by atoms with van der Waals surface area (Å²) in [5, 5.41) is 3.01. The van der Waals surface area contributed by atoms with Crippen molar-refractivity contribution in [3.63, 3.8) is 0 Å². The van der Waals surface area contributed by atoms with Gasteiger partial charge in [0.25, 0.3) is 5.91 Å². The van der Waals surface area contributed by atoms with Crippen molar-refractivity contribution in [1.82, 2.24) is 19.8 Å². The Morgan fingerprint density at radius 3 is 2.59 bits per heavy atom. The van der Waals surface area contributed by atoms with E-state index in [4.69, 9.17) is 13.9 Å². The van der Waals surface area contributed by atoms with Crippen LogP contribution < -0.4 is 5.32 Å². The van der Waals surface area contributed by atoms with Gasteiger partial charge < -0.3 is 28.7 Å². The smallest absolute Gasteiger partial charge is 0.257 e. The van der Waals surface area contributed by atoms with Crippen LogP contribution in [0.2, 0.25) is 0 Å². The third kappa shape index (κ3) is 4.13. The van der Waals surface area contributed by atoms with Gasteiger partial charge in [0.05, 0.1) is 48.4 Å². The third-order valence-electron chi connectivity index (χ3n) is 6.09. The fourth-order valence-corrected chi connectivity index (χ4v) is 4.33. The van der Waals surface area contributed by atoms with Gasteiger partial charge in [0.15, 0.2) is 0 Å². The number of para-hydroxylation sites is 2. The number of aryl methyl sites for hydroxylation is 2. The summed E-state index contributed by atoms with van der Waals surface area (Å²) in [6.45, 7) is 3.96. The van der Waals surface area contributed by atoms with Crippen LogP contribution in [0.4, 0.5) is 0 Å². The van der Waals surface area contributed by atoms with Crippen molar-refractivity contribution in [3.8, 4) is 0 Å². The Kier molecular flexibility index (Phi) is 5.67. The first kappa shape index (κ1) is 20.7. The number of fused-ring (bicyclic) bond motifs is 2. The summed E-state index contributed by atoms with van der Waals surface area (Å²) in [7, 11) is 0. The van der Waals surface area contributed by atoms with Gasteiger partial charge in [0, 0.05) is 26.1 Å². The number of nitrogens with one attached hydrogen (secondary N) is 1. The molecule has 0 saturated carbocycles. The molecular weight excluding hydrogens is 412 g/mol. The molecule has 2 fully saturated rings. The molecule has 2 atom stereocenters. The van der Waals surface area contributed by atoms with Crippen LogP contribution in [0, 0.1) is 6.92 Å². The fraction of sp³-hybridized carbons (Fsp3) is 0.435. The molecule has 1 aromatic carbocycles. The van der Waals surface area contributed by atoms with Crippen LogP contribution in [-0.4, -0.2) is 70.8 Å². The number of imidazole rings is 1. The van der Waals surface area contributed by atoms with E-state index in [1.54, 1.807) is 24.2 Å². The lowest BCUT2D eigenvalue weighted by atomic mass is 10.2. The molecule has 5 rings (SSSR count). The molecule has 2 aliphatic heterocycles. The second-order valence-electron chi connectivity index (χ2n) is 8.29. The molecule has 2 amide bonds. The number of carbonyl (C=O) groups excluding carboxylic acids is 2. The van der Waals surface area contributed by atoms with Crippen molar-refractivity contribution >= 4 is 22.8 Å². The molecular formula is C23H26N4O5. The van der Waals surface area contributed by atoms with E-state index in [9.17, 15) is 9.59 Å². The number of rotatable bonds is 5. The van der Waals surface area contributed by atoms with Crippen molar-refractivity contribution in [2.75, 3.05) is 26.3 Å². The van der Waals surface area contributed by atoms with E-state index in [0.717, 1.165) is 11.0 Å². The van der Waals surface area contributed by atoms with Crippen LogP contribution in [0.3, 0.4) is 0 Å². The van der Waals surface area contributed by atoms with E-state index in [-0.39, 0.29) is 30.1 Å². The highest BCUT2D eigenvalue weighted by atomic mass is 16.6. The van der Waals surface area contributed by atoms with Crippen LogP contribution in [0.15, 0.2) is 47.3 Å². The summed E-state index contributed by atoms with van der Waals surface area (Å²) in [5.41, 5.74) is 2.50. The average Bonchev–Trinajstić information content (AvgIpc) is 3.49. The first-order valence-electron chi connectivity index (χ1n) is 10.8. The van der Waals surface area contributed by atoms with Gasteiger partial charge in [0.2, 0.25) is 5.91 Å². The van der Waals surface area contributed by atoms with Gasteiger partial charge in [-0.15, -0.1) is 0 Å². The number of carbonyl (C=O) groups is 2. The van der Waals surface area contributed by atoms with Crippen molar-refractivity contribution in [2.45, 2.75) is 38.1 Å². The first-order chi connectivity index (χ1) is 15.6. The van der Waals surface area contributed by atoms with Gasteiger partial charge in [-0.3, -0.25) is 9.59 Å². The monoisotopic (exact) mass is 438 g/mol. The van der Waals surface area contributed by atoms with Crippen molar-refractivity contribution in [1.29, 1.82) is 0 Å². The second-order valence-corrected chi connectivity index (χ2v) is 8.29. The minimum Gasteiger partial charge on any atom is -0.469 e. The summed E-state index contributed by atoms with van der Waals surface area (Å²) in [6.07, 6.45) is 3.22. The highest BCUT2D eigenvalue weighted by Crippen LogP contribution is 2.23. The Morgan fingerprint density at radius 2 is 1.88 bits per heavy atom. The SMILES string of the molecule is Cc1occc1C(=O)N1C[C@@H]2OCC(NC(=O)CCn3cnc4ccccc43)CO[C@H]2C1. The molecule has 0 unspecified atom stereocenters. The summed E-state index contributed by atoms with van der Waals surface area (Å²) in [5.74, 6) is 0.475. The Morgan fingerprint density at radius 1 is 1.12 bits per heavy atom. The molecule has 0 bridgehead atoms. The predicted octanol–water partition coefficient (Wildman–Crippen LogP) is 1.75. The van der Waals surface area contributed by atoms with E-state index in [1.165, 1.54) is 6.26 Å². The summed E-state index contributed by atoms with van der Waals surface area (Å²) < 4.78 is 19.2. The van der Waals surface area contributed by atoms with E-state index in [1.807, 2.05) is 28.8 Å². The lowest BCUT2D eigenvalue weighted by molar-refractivity contribution is -0.122. The van der Waals surface area contributed by atoms with E-state index >= 15 is 0 Å². The number of likely N-dealkylation sites (tertiary alicyclic amines) is 1. The normalized spacial score (nSPS) is 21.5. The fourth-order valence-electron chi connectivity index (χ4n) is 4.33. The van der Waals surface area contributed by atoms with Gasteiger partial charge in [-0.25, -0.2) is 4.98 Å². The van der Waals surface area contributed by atoms with Gasteiger partial charge in [-0.2, -0.15) is 0 Å². The minimum atomic E-state index is -0.215. The molecule has 0 spiro atoms. The maximum atomic E-state index is 12.7. The van der Waals surface area contributed by atoms with Gasteiger partial charge >= 0.3 is 0 Å². The Hall–Kier alpha value is -3.17. The van der Waals surface area contributed by atoms with Crippen LogP contribution >= 0.6 is 0 Å². The molecule has 168 valence electrons. The van der Waals surface area contributed by atoms with Crippen LogP contribution in [0.1, 0.15) is 22.5 Å². The largest absolute Gasteiger partial charge is 0.469 e. The zero-order chi connectivity index (χ0) is 22.1. The molecule has 9 nitrogen and oxygen atoms in total. The van der Waals surface area contributed by atoms with Crippen molar-refractivity contribution in [3.05, 3.63) is 54.2 Å². The zero-order valence-electron chi connectivity index (χ0n) is 17.9. The van der Waals surface area contributed by atoms with E-state index < -0.39 is 0 Å². The highest BCUT2D eigenvalue weighted by Gasteiger charge is 2.40. The number of furan rings is 1. The maximum absolute atomic E-state index is 12.7. The number of nitrogens with zero attached hydrogens (tertiary/aromatic N) is 3. The molecule has 2 aliphatic rings. The Labute approximate surface area is 185 Å². The lowest BCUT2D eigenvalue weighted by Gasteiger charge is -2.19. The number of hydrogen-bond donors (Lipinski definition) is 1. The Bertz CT molecular complexity index is 1110. The van der Waals surface area contributed by atoms with Crippen molar-refractivity contribution in [2.24, 2.45) is 0 Å². The van der Waals surface area contributed by atoms with E-state index in [2.05, 4.69) is 10.3 Å². The van der Waals surface area contributed by atoms with Crippen LogP contribution in [0.25, 0.3) is 11.0 Å². The van der Waals surface area contributed by atoms with E-state index in [0.29, 0.717) is 50.6 Å². The Balaban J connectivity index is 1.11. The molecule has 0 aliphatic carbocycles. The molecule has 0 radical (unpaired) electrons. The standard InChI is InChI=1S/C23H26N4O5/c1-15-17(7-9-30-15)23(29)27-10-20-21(11-27)32-13-16(12-31-20)25-22(28)6-8-26-14-24-18-4-2-3-5-19(18)26/h2-5,7,9,14,16,20-21H,6,8,10-13H2,1H3,(H,25,28)/t20-,21-/m0/s1. The molecule has 4 heterocycles. The molecule has 9 heteroatoms. The van der Waals surface area contributed by atoms with Gasteiger partial charge in [0.1, 0.15) is 18.0 Å². The molecule has 3 aromatic rings. The van der Waals surface area contributed by atoms with Crippen LogP contribution in [0.5, 0.6) is 0 Å². The predicted molar refractivity (Wildman–Crippen MR) is 115 cm³/mol. The summed E-state index contributed by atoms with van der Waals surface area (Å²) in [4.78, 5) is 31.3. The van der Waals surface area contributed by atoms with Crippen molar-refractivity contribution < 1.29 is 23.5 Å². The quantitative estimate of drug-likeness (QED) is 0.652. The average molecular weight is 438 g/mol. The zero-order valence-corrected chi connectivity index (χ0v) is 17.9. The molecule has 1 N–H and O–H groups in total. The topological polar surface area (TPSA) is 98.8 Å². The number of aromatic nitrogens is 2. The summed E-state index contributed by atoms with van der Waals surface area (Å²) >= 11 is 0. The summed E-state index contributed by atoms with van der Waals surface area (Å²) in [6, 6.07) is 9.32. The minimum absolute atomic E-state index is 0.0562. The van der Waals surface area contributed by atoms with Gasteiger partial charge in [-0.05, 0) is 25.1 Å². The molecule has 32 heavy (non-hydrogen) atoms. The number of hydrogen-bond acceptors (Lipinski definition) is 6. The van der Waals surface area contributed by atoms with Crippen LogP contribution in [-0.2, 0) is 20.8 Å².